The zero-order valence-corrected chi connectivity index (χ0v) is 70.8. The molecule has 0 fully saturated rings. The molecule has 0 aliphatic carbocycles. The number of nitrogens with one attached hydrogen (secondary N) is 4. The molecular weight excluding hydrogens is 1390 g/mol. The van der Waals surface area contributed by atoms with Gasteiger partial charge in [0.1, 0.15) is 0 Å². The second-order valence-electron chi connectivity index (χ2n) is 30.3. The van der Waals surface area contributed by atoms with Crippen LogP contribution in [0.1, 0.15) is 414 Å². The van der Waals surface area contributed by atoms with E-state index in [2.05, 4.69) is 62.8 Å². The summed E-state index contributed by atoms with van der Waals surface area (Å²) in [6, 6.07) is -2.27. The van der Waals surface area contributed by atoms with Crippen molar-refractivity contribution < 1.29 is 80.6 Å². The van der Waals surface area contributed by atoms with E-state index in [-0.39, 0.29) is 76.8 Å². The quantitative estimate of drug-likeness (QED) is 0.0160. The SMILES string of the molecule is CCCCCCCCCCCCCC(=O)NC(COCCC(CCCCCCC)OC(O)CCCCCCCCCCC)COP(=O)(O)OCCNC(=O)NCCOP(=O)(O)OCC(COCCC(CCCCCCC)OC(O)CCCCCCCCCCC)NC(=O)CCCCCCCCCCCCC. The Morgan fingerprint density at radius 3 is 0.821 bits per heavy atom. The van der Waals surface area contributed by atoms with E-state index in [1.165, 1.54) is 180 Å². The molecule has 632 valence electrons. The fraction of sp³-hybridized carbons (Fsp3) is 0.964. The Labute approximate surface area is 649 Å². The van der Waals surface area contributed by atoms with Crippen molar-refractivity contribution in [3.8, 4) is 0 Å². The van der Waals surface area contributed by atoms with Crippen LogP contribution >= 0.6 is 15.6 Å². The maximum Gasteiger partial charge on any atom is 0.472 e. The minimum atomic E-state index is -4.69. The van der Waals surface area contributed by atoms with Crippen LogP contribution in [0.5, 0.6) is 0 Å². The lowest BCUT2D eigenvalue weighted by atomic mass is 10.1. The van der Waals surface area contributed by atoms with Crippen molar-refractivity contribution in [1.29, 1.82) is 0 Å². The van der Waals surface area contributed by atoms with Crippen LogP contribution in [0, 0.1) is 0 Å². The highest BCUT2D eigenvalue weighted by molar-refractivity contribution is 7.47. The summed E-state index contributed by atoms with van der Waals surface area (Å²) < 4.78 is 72.2. The van der Waals surface area contributed by atoms with Crippen molar-refractivity contribution in [3.05, 3.63) is 0 Å². The number of carbonyl (C=O) groups is 3. The zero-order valence-electron chi connectivity index (χ0n) is 69.0. The van der Waals surface area contributed by atoms with Crippen molar-refractivity contribution in [1.82, 2.24) is 21.3 Å². The molecule has 0 aliphatic rings. The van der Waals surface area contributed by atoms with E-state index < -0.39 is 59.6 Å². The molecule has 0 bridgehead atoms. The lowest BCUT2D eigenvalue weighted by Crippen LogP contribution is -2.41. The molecule has 0 saturated heterocycles. The third-order valence-electron chi connectivity index (χ3n) is 19.8. The Morgan fingerprint density at radius 2 is 0.547 bits per heavy atom. The van der Waals surface area contributed by atoms with E-state index in [0.717, 1.165) is 141 Å². The molecule has 0 aromatic rings. The standard InChI is InChI=1S/C83H168N4O17P2/c1-7-13-19-25-29-33-35-39-41-47-53-59-79(88)86-75(71-97-67-63-77(57-51-45-23-17-11-5)103-81(90)61-55-49-43-37-31-27-21-15-9-3)73-101-105(93,94)99-69-65-84-83(92)85-66-70-100-106(95,96)102-74-76(87-80(89)60-54-48-42-40-36-34-30-26-20-14-8-2)72-98-68-64-78(58-52-46-24-18-12-6)104-82(91)62-56-50-44-38-32-28-22-16-10-4/h75-78,81-82,90-91H,7-74H2,1-6H3,(H,86,88)(H,87,89)(H,93,94)(H,95,96)(H2,84,85,92). The number of urea groups is 1. The van der Waals surface area contributed by atoms with Gasteiger partial charge in [0.25, 0.3) is 0 Å². The van der Waals surface area contributed by atoms with E-state index >= 15 is 0 Å². The first-order valence-corrected chi connectivity index (χ1v) is 47.2. The zero-order chi connectivity index (χ0) is 77.8. The second-order valence-corrected chi connectivity index (χ2v) is 33.2. The van der Waals surface area contributed by atoms with Gasteiger partial charge >= 0.3 is 21.7 Å². The molecule has 0 aromatic heterocycles. The summed E-state index contributed by atoms with van der Waals surface area (Å²) in [6.45, 7) is 11.8. The smallest absolute Gasteiger partial charge is 0.379 e. The molecule has 8 atom stereocenters. The fourth-order valence-corrected chi connectivity index (χ4v) is 14.7. The van der Waals surface area contributed by atoms with Crippen LogP contribution in [0.4, 0.5) is 4.79 Å². The summed E-state index contributed by atoms with van der Waals surface area (Å²) in [5.41, 5.74) is 0. The number of phosphoric acid groups is 2. The van der Waals surface area contributed by atoms with Crippen molar-refractivity contribution in [3.63, 3.8) is 0 Å². The number of amides is 4. The number of unbranched alkanes of at least 4 members (excludes halogenated alkanes) is 44. The maximum atomic E-state index is 13.3. The van der Waals surface area contributed by atoms with Crippen molar-refractivity contribution in [2.24, 2.45) is 0 Å². The minimum absolute atomic E-state index is 0.00578. The molecule has 0 radical (unpaired) electrons. The maximum absolute atomic E-state index is 13.3. The highest BCUT2D eigenvalue weighted by Crippen LogP contribution is 2.44. The predicted molar refractivity (Wildman–Crippen MR) is 434 cm³/mol. The molecule has 4 amide bonds. The monoisotopic (exact) mass is 1560 g/mol. The minimum Gasteiger partial charge on any atom is -0.379 e. The van der Waals surface area contributed by atoms with Crippen LogP contribution in [-0.2, 0) is 55.8 Å². The molecule has 0 rings (SSSR count). The lowest BCUT2D eigenvalue weighted by Gasteiger charge is -2.23. The topological polar surface area (TPSA) is 288 Å². The molecule has 23 heteroatoms. The molecule has 8 N–H and O–H groups in total. The molecule has 0 aromatic carbocycles. The lowest BCUT2D eigenvalue weighted by molar-refractivity contribution is -0.148. The van der Waals surface area contributed by atoms with Gasteiger partial charge in [0.05, 0.1) is 63.9 Å². The summed E-state index contributed by atoms with van der Waals surface area (Å²) >= 11 is 0. The van der Waals surface area contributed by atoms with Gasteiger partial charge in [-0.25, -0.2) is 13.9 Å². The normalized spacial score (nSPS) is 14.7. The van der Waals surface area contributed by atoms with Gasteiger partial charge < -0.3 is 60.2 Å². The highest BCUT2D eigenvalue weighted by atomic mass is 31.2. The summed E-state index contributed by atoms with van der Waals surface area (Å²) in [6.07, 6.45) is 60.1. The first kappa shape index (κ1) is 104. The Morgan fingerprint density at radius 1 is 0.302 bits per heavy atom. The average molecular weight is 1560 g/mol. The van der Waals surface area contributed by atoms with Crippen LogP contribution in [-0.4, -0.2) is 141 Å². The van der Waals surface area contributed by atoms with Gasteiger partial charge in [0.2, 0.25) is 11.8 Å². The van der Waals surface area contributed by atoms with E-state index in [1.807, 2.05) is 0 Å². The van der Waals surface area contributed by atoms with Gasteiger partial charge in [-0.3, -0.25) is 27.7 Å². The number of carbonyl (C=O) groups excluding carboxylic acids is 3. The van der Waals surface area contributed by atoms with Gasteiger partial charge in [0, 0.05) is 39.1 Å². The number of aliphatic hydroxyl groups excluding tert-OH is 2. The molecule has 0 heterocycles. The second kappa shape index (κ2) is 78.5. The molecule has 0 saturated carbocycles. The highest BCUT2D eigenvalue weighted by Gasteiger charge is 2.27. The van der Waals surface area contributed by atoms with Crippen molar-refractivity contribution in [2.75, 3.05) is 65.9 Å². The Hall–Kier alpha value is -1.81. The number of hydrogen-bond donors (Lipinski definition) is 8. The molecular formula is C83H168N4O17P2. The van der Waals surface area contributed by atoms with E-state index in [1.54, 1.807) is 0 Å². The molecule has 106 heavy (non-hydrogen) atoms. The van der Waals surface area contributed by atoms with Crippen molar-refractivity contribution >= 4 is 33.5 Å². The van der Waals surface area contributed by atoms with Gasteiger partial charge in [0.15, 0.2) is 12.6 Å². The number of hydrogen-bond acceptors (Lipinski definition) is 15. The number of rotatable bonds is 86. The number of aliphatic hydroxyl groups is 2. The number of phosphoric ester groups is 2. The van der Waals surface area contributed by atoms with Crippen LogP contribution in [0.3, 0.4) is 0 Å². The Bertz CT molecular complexity index is 1870. The van der Waals surface area contributed by atoms with E-state index in [9.17, 15) is 43.5 Å². The summed E-state index contributed by atoms with van der Waals surface area (Å²) in [5.74, 6) is -0.432. The third-order valence-corrected chi connectivity index (χ3v) is 21.7. The predicted octanol–water partition coefficient (Wildman–Crippen LogP) is 21.7. The third kappa shape index (κ3) is 74.9. The van der Waals surface area contributed by atoms with Gasteiger partial charge in [-0.1, -0.05) is 337 Å². The summed E-state index contributed by atoms with van der Waals surface area (Å²) in [4.78, 5) is 60.8. The number of ether oxygens (including phenoxy) is 4. The van der Waals surface area contributed by atoms with E-state index in [4.69, 9.17) is 37.0 Å². The van der Waals surface area contributed by atoms with Gasteiger partial charge in [-0.2, -0.15) is 0 Å². The largest absolute Gasteiger partial charge is 0.472 e. The molecule has 0 spiro atoms. The Kier molecular flexibility index (Phi) is 77.1. The average Bonchev–Trinajstić information content (AvgIpc) is 0.919. The molecule has 0 aliphatic heterocycles. The first-order valence-electron chi connectivity index (χ1n) is 44.2. The molecule has 21 nitrogen and oxygen atoms in total. The first-order chi connectivity index (χ1) is 51.5. The fourth-order valence-electron chi connectivity index (χ4n) is 13.2. The van der Waals surface area contributed by atoms with Crippen molar-refractivity contribution in [2.45, 2.75) is 451 Å². The Balaban J connectivity index is 5.56. The summed E-state index contributed by atoms with van der Waals surface area (Å²) in [5, 5.41) is 32.8. The van der Waals surface area contributed by atoms with Gasteiger partial charge in [-0.15, -0.1) is 0 Å². The van der Waals surface area contributed by atoms with Crippen LogP contribution in [0.25, 0.3) is 0 Å². The van der Waals surface area contributed by atoms with Crippen LogP contribution in [0.2, 0.25) is 0 Å². The molecule has 8 unspecified atom stereocenters. The summed E-state index contributed by atoms with van der Waals surface area (Å²) in [7, 11) is -9.38. The van der Waals surface area contributed by atoms with Crippen LogP contribution < -0.4 is 21.3 Å². The van der Waals surface area contributed by atoms with Gasteiger partial charge in [-0.05, 0) is 64.2 Å². The van der Waals surface area contributed by atoms with E-state index in [0.29, 0.717) is 51.4 Å². The van der Waals surface area contributed by atoms with Crippen LogP contribution in [0.15, 0.2) is 0 Å².